The van der Waals surface area contributed by atoms with E-state index < -0.39 is 0 Å². The lowest BCUT2D eigenvalue weighted by Crippen LogP contribution is -2.41. The molecule has 0 aromatic rings. The van der Waals surface area contributed by atoms with Gasteiger partial charge in [0.1, 0.15) is 0 Å². The van der Waals surface area contributed by atoms with Crippen molar-refractivity contribution in [3.63, 3.8) is 0 Å². The Labute approximate surface area is 96.8 Å². The summed E-state index contributed by atoms with van der Waals surface area (Å²) in [5, 5.41) is 6.92. The lowest BCUT2D eigenvalue weighted by molar-refractivity contribution is -0.125. The van der Waals surface area contributed by atoms with Crippen molar-refractivity contribution in [2.45, 2.75) is 31.4 Å². The Morgan fingerprint density at radius 2 is 2.47 bits per heavy atom. The minimum Gasteiger partial charge on any atom is -0.356 e. The van der Waals surface area contributed by atoms with Gasteiger partial charge >= 0.3 is 0 Å². The number of piperidine rings is 1. The molecular formula is C11H22N2OS. The second-order valence-electron chi connectivity index (χ2n) is 4.17. The van der Waals surface area contributed by atoms with E-state index in [-0.39, 0.29) is 11.8 Å². The smallest absolute Gasteiger partial charge is 0.224 e. The molecule has 0 spiro atoms. The van der Waals surface area contributed by atoms with Crippen molar-refractivity contribution in [1.29, 1.82) is 0 Å². The van der Waals surface area contributed by atoms with E-state index in [1.807, 2.05) is 11.8 Å². The van der Waals surface area contributed by atoms with Crippen LogP contribution >= 0.6 is 11.8 Å². The molecule has 0 aromatic heterocycles. The summed E-state index contributed by atoms with van der Waals surface area (Å²) in [6, 6.07) is 0. The maximum absolute atomic E-state index is 11.7. The van der Waals surface area contributed by atoms with Gasteiger partial charge in [-0.3, -0.25) is 4.79 Å². The van der Waals surface area contributed by atoms with Crippen LogP contribution in [0.15, 0.2) is 0 Å². The minimum atomic E-state index is 0.198. The number of hydrogen-bond donors (Lipinski definition) is 2. The van der Waals surface area contributed by atoms with Crippen LogP contribution in [-0.4, -0.2) is 37.0 Å². The number of rotatable bonds is 5. The van der Waals surface area contributed by atoms with Gasteiger partial charge in [0.05, 0.1) is 5.92 Å². The highest BCUT2D eigenvalue weighted by Gasteiger charge is 2.20. The molecule has 0 radical (unpaired) electrons. The molecule has 1 rings (SSSR count). The standard InChI is InChI=1S/C11H22N2OS/c1-9(15-2)5-7-13-11(14)10-4-3-6-12-8-10/h9-10,12H,3-8H2,1-2H3,(H,13,14)/t9?,10-/m1/s1. The molecule has 3 nitrogen and oxygen atoms in total. The number of thioether (sulfide) groups is 1. The van der Waals surface area contributed by atoms with Crippen molar-refractivity contribution < 1.29 is 4.79 Å². The SMILES string of the molecule is CSC(C)CCNC(=O)[C@@H]1CCCNC1. The molecule has 88 valence electrons. The normalized spacial score (nSPS) is 23.5. The quantitative estimate of drug-likeness (QED) is 0.747. The van der Waals surface area contributed by atoms with Gasteiger partial charge in [0, 0.05) is 18.3 Å². The molecule has 1 aliphatic rings. The summed E-state index contributed by atoms with van der Waals surface area (Å²) in [4.78, 5) is 11.7. The summed E-state index contributed by atoms with van der Waals surface area (Å²) in [7, 11) is 0. The van der Waals surface area contributed by atoms with E-state index in [1.165, 1.54) is 0 Å². The minimum absolute atomic E-state index is 0.198. The first-order chi connectivity index (χ1) is 7.24. The van der Waals surface area contributed by atoms with Gasteiger partial charge in [-0.1, -0.05) is 6.92 Å². The molecule has 2 N–H and O–H groups in total. The van der Waals surface area contributed by atoms with Gasteiger partial charge in [0.15, 0.2) is 0 Å². The van der Waals surface area contributed by atoms with Crippen molar-refractivity contribution >= 4 is 17.7 Å². The van der Waals surface area contributed by atoms with Crippen molar-refractivity contribution in [3.8, 4) is 0 Å². The number of nitrogens with one attached hydrogen (secondary N) is 2. The van der Waals surface area contributed by atoms with Crippen molar-refractivity contribution in [2.24, 2.45) is 5.92 Å². The second-order valence-corrected chi connectivity index (χ2v) is 5.45. The van der Waals surface area contributed by atoms with Gasteiger partial charge < -0.3 is 10.6 Å². The van der Waals surface area contributed by atoms with Gasteiger partial charge in [0.25, 0.3) is 0 Å². The van der Waals surface area contributed by atoms with Crippen molar-refractivity contribution in [2.75, 3.05) is 25.9 Å². The Hall–Kier alpha value is -0.220. The fraction of sp³-hybridized carbons (Fsp3) is 0.909. The Morgan fingerprint density at radius 3 is 3.07 bits per heavy atom. The monoisotopic (exact) mass is 230 g/mol. The maximum Gasteiger partial charge on any atom is 0.224 e. The van der Waals surface area contributed by atoms with Crippen LogP contribution in [0, 0.1) is 5.92 Å². The molecule has 0 aliphatic carbocycles. The van der Waals surface area contributed by atoms with Crippen molar-refractivity contribution in [3.05, 3.63) is 0 Å². The molecule has 15 heavy (non-hydrogen) atoms. The number of hydrogen-bond acceptors (Lipinski definition) is 3. The van der Waals surface area contributed by atoms with Crippen molar-refractivity contribution in [1.82, 2.24) is 10.6 Å². The average molecular weight is 230 g/mol. The predicted molar refractivity (Wildman–Crippen MR) is 66.2 cm³/mol. The molecule has 1 heterocycles. The van der Waals surface area contributed by atoms with E-state index >= 15 is 0 Å². The van der Waals surface area contributed by atoms with Crippen LogP contribution in [0.1, 0.15) is 26.2 Å². The Morgan fingerprint density at radius 1 is 1.67 bits per heavy atom. The van der Waals surface area contributed by atoms with Crippen LogP contribution in [0.5, 0.6) is 0 Å². The lowest BCUT2D eigenvalue weighted by atomic mass is 9.99. The van der Waals surface area contributed by atoms with Crippen LogP contribution in [0.2, 0.25) is 0 Å². The van der Waals surface area contributed by atoms with Crippen LogP contribution in [0.4, 0.5) is 0 Å². The van der Waals surface area contributed by atoms with Gasteiger partial charge in [0.2, 0.25) is 5.91 Å². The fourth-order valence-electron chi connectivity index (χ4n) is 1.74. The van der Waals surface area contributed by atoms with Crippen LogP contribution < -0.4 is 10.6 Å². The summed E-state index contributed by atoms with van der Waals surface area (Å²) in [6.45, 7) is 4.92. The number of carbonyl (C=O) groups is 1. The molecular weight excluding hydrogens is 208 g/mol. The Kier molecular flexibility index (Phi) is 6.10. The van der Waals surface area contributed by atoms with E-state index in [1.54, 1.807) is 0 Å². The summed E-state index contributed by atoms with van der Waals surface area (Å²) < 4.78 is 0. The highest BCUT2D eigenvalue weighted by atomic mass is 32.2. The molecule has 0 bridgehead atoms. The largest absolute Gasteiger partial charge is 0.356 e. The summed E-state index contributed by atoms with van der Waals surface area (Å²) >= 11 is 1.85. The van der Waals surface area contributed by atoms with E-state index in [0.717, 1.165) is 38.9 Å². The van der Waals surface area contributed by atoms with E-state index in [0.29, 0.717) is 5.25 Å². The summed E-state index contributed by atoms with van der Waals surface area (Å²) in [5.41, 5.74) is 0. The molecule has 1 aliphatic heterocycles. The molecule has 1 fully saturated rings. The van der Waals surface area contributed by atoms with E-state index in [4.69, 9.17) is 0 Å². The van der Waals surface area contributed by atoms with E-state index in [2.05, 4.69) is 23.8 Å². The van der Waals surface area contributed by atoms with Gasteiger partial charge in [-0.25, -0.2) is 0 Å². The fourth-order valence-corrected chi connectivity index (χ4v) is 2.09. The molecule has 4 heteroatoms. The van der Waals surface area contributed by atoms with Gasteiger partial charge in [-0.2, -0.15) is 11.8 Å². The zero-order valence-electron chi connectivity index (χ0n) is 9.71. The maximum atomic E-state index is 11.7. The van der Waals surface area contributed by atoms with Crippen LogP contribution in [-0.2, 0) is 4.79 Å². The summed E-state index contributed by atoms with van der Waals surface area (Å²) in [6.07, 6.45) is 5.33. The third-order valence-electron chi connectivity index (χ3n) is 2.92. The predicted octanol–water partition coefficient (Wildman–Crippen LogP) is 1.24. The topological polar surface area (TPSA) is 41.1 Å². The average Bonchev–Trinajstić information content (AvgIpc) is 2.29. The molecule has 0 saturated carbocycles. The van der Waals surface area contributed by atoms with Gasteiger partial charge in [-0.05, 0) is 32.1 Å². The summed E-state index contributed by atoms with van der Waals surface area (Å²) in [5.74, 6) is 0.429. The molecule has 1 amide bonds. The first-order valence-electron chi connectivity index (χ1n) is 5.75. The molecule has 0 aromatic carbocycles. The van der Waals surface area contributed by atoms with E-state index in [9.17, 15) is 4.79 Å². The molecule has 2 atom stereocenters. The highest BCUT2D eigenvalue weighted by molar-refractivity contribution is 7.99. The third kappa shape index (κ3) is 4.89. The third-order valence-corrected chi connectivity index (χ3v) is 3.96. The zero-order valence-corrected chi connectivity index (χ0v) is 10.5. The van der Waals surface area contributed by atoms with Crippen LogP contribution in [0.25, 0.3) is 0 Å². The number of amides is 1. The van der Waals surface area contributed by atoms with Gasteiger partial charge in [-0.15, -0.1) is 0 Å². The number of carbonyl (C=O) groups excluding carboxylic acids is 1. The van der Waals surface area contributed by atoms with Crippen LogP contribution in [0.3, 0.4) is 0 Å². The Bertz CT molecular complexity index is 193. The second kappa shape index (κ2) is 7.12. The highest BCUT2D eigenvalue weighted by Crippen LogP contribution is 2.11. The lowest BCUT2D eigenvalue weighted by Gasteiger charge is -2.22. The molecule has 1 unspecified atom stereocenters. The Balaban J connectivity index is 2.12. The first-order valence-corrected chi connectivity index (χ1v) is 7.04. The molecule has 1 saturated heterocycles. The zero-order chi connectivity index (χ0) is 11.1. The first kappa shape index (κ1) is 12.8.